The Morgan fingerprint density at radius 1 is 1.64 bits per heavy atom. The molecule has 4 heteroatoms. The fraction of sp³-hybridized carbons (Fsp3) is 0.300. The van der Waals surface area contributed by atoms with E-state index in [1.165, 1.54) is 7.11 Å². The number of carbonyl (C=O) groups excluding carboxylic acids is 1. The molecule has 14 heavy (non-hydrogen) atoms. The van der Waals surface area contributed by atoms with Crippen LogP contribution in [0.3, 0.4) is 0 Å². The maximum Gasteiger partial charge on any atom is 0.364 e. The number of halogens is 1. The second-order valence-corrected chi connectivity index (χ2v) is 3.97. The molecule has 0 aromatic heterocycles. The summed E-state index contributed by atoms with van der Waals surface area (Å²) in [6, 6.07) is 7.48. The number of hydrogen-bond donors (Lipinski definition) is 1. The zero-order valence-corrected chi connectivity index (χ0v) is 9.58. The van der Waals surface area contributed by atoms with Crippen molar-refractivity contribution in [3.05, 3.63) is 34.3 Å². The summed E-state index contributed by atoms with van der Waals surface area (Å²) in [5.74, 6) is -0.273. The molecule has 1 aromatic carbocycles. The molecule has 1 rings (SSSR count). The van der Waals surface area contributed by atoms with E-state index in [9.17, 15) is 4.79 Å². The summed E-state index contributed by atoms with van der Waals surface area (Å²) in [6.45, 7) is 0. The minimum atomic E-state index is -0.339. The van der Waals surface area contributed by atoms with E-state index in [0.29, 0.717) is 6.42 Å². The molecule has 1 unspecified atom stereocenters. The predicted octanol–water partition coefficient (Wildman–Crippen LogP) is 0.775. The molecule has 3 nitrogen and oxygen atoms in total. The number of carbonyl (C=O) groups is 1. The largest absolute Gasteiger partial charge is 0.465 e. The molecule has 0 radical (unpaired) electrons. The van der Waals surface area contributed by atoms with Crippen molar-refractivity contribution < 1.29 is 15.3 Å². The molecule has 0 aliphatic rings. The number of ether oxygens (including phenoxy) is 1. The first-order valence-corrected chi connectivity index (χ1v) is 5.08. The Labute approximate surface area is 91.4 Å². The third kappa shape index (κ3) is 3.12. The van der Waals surface area contributed by atoms with E-state index >= 15 is 0 Å². The molecule has 1 aromatic rings. The van der Waals surface area contributed by atoms with Gasteiger partial charge in [0.25, 0.3) is 0 Å². The van der Waals surface area contributed by atoms with Gasteiger partial charge in [-0.3, -0.25) is 0 Å². The topological polar surface area (TPSA) is 53.9 Å². The van der Waals surface area contributed by atoms with Gasteiger partial charge in [0.15, 0.2) is 6.04 Å². The first-order chi connectivity index (χ1) is 6.63. The Bertz CT molecular complexity index is 328. The summed E-state index contributed by atoms with van der Waals surface area (Å²) >= 11 is 3.37. The molecule has 0 spiro atoms. The number of quaternary nitrogens is 1. The lowest BCUT2D eigenvalue weighted by molar-refractivity contribution is -0.407. The molecular formula is C10H13BrNO2+. The van der Waals surface area contributed by atoms with Crippen molar-refractivity contribution >= 4 is 21.9 Å². The Morgan fingerprint density at radius 3 is 2.93 bits per heavy atom. The van der Waals surface area contributed by atoms with Crippen molar-refractivity contribution in [3.63, 3.8) is 0 Å². The van der Waals surface area contributed by atoms with Crippen LogP contribution in [-0.2, 0) is 16.0 Å². The summed E-state index contributed by atoms with van der Waals surface area (Å²) in [4.78, 5) is 11.1. The van der Waals surface area contributed by atoms with Gasteiger partial charge in [0.05, 0.1) is 7.11 Å². The van der Waals surface area contributed by atoms with E-state index in [1.807, 2.05) is 24.3 Å². The van der Waals surface area contributed by atoms with Gasteiger partial charge in [-0.15, -0.1) is 0 Å². The lowest BCUT2D eigenvalue weighted by atomic mass is 10.1. The first kappa shape index (κ1) is 11.2. The maximum atomic E-state index is 11.1. The van der Waals surface area contributed by atoms with Crippen molar-refractivity contribution in [2.75, 3.05) is 7.11 Å². The lowest BCUT2D eigenvalue weighted by Gasteiger charge is -2.06. The molecule has 0 fully saturated rings. The normalized spacial score (nSPS) is 12.2. The van der Waals surface area contributed by atoms with Crippen LogP contribution in [0.2, 0.25) is 0 Å². The predicted molar refractivity (Wildman–Crippen MR) is 56.5 cm³/mol. The Hall–Kier alpha value is -0.870. The Morgan fingerprint density at radius 2 is 2.36 bits per heavy atom. The summed E-state index contributed by atoms with van der Waals surface area (Å²) in [5.41, 5.74) is 4.82. The minimum Gasteiger partial charge on any atom is -0.465 e. The highest BCUT2D eigenvalue weighted by atomic mass is 79.9. The zero-order valence-electron chi connectivity index (χ0n) is 8.00. The fourth-order valence-electron chi connectivity index (χ4n) is 1.20. The fourth-order valence-corrected chi connectivity index (χ4v) is 1.65. The van der Waals surface area contributed by atoms with E-state index < -0.39 is 0 Å². The summed E-state index contributed by atoms with van der Waals surface area (Å²) < 4.78 is 5.61. The maximum absolute atomic E-state index is 11.1. The van der Waals surface area contributed by atoms with Crippen molar-refractivity contribution in [1.29, 1.82) is 0 Å². The Balaban J connectivity index is 2.64. The van der Waals surface area contributed by atoms with Gasteiger partial charge >= 0.3 is 5.97 Å². The smallest absolute Gasteiger partial charge is 0.364 e. The molecular weight excluding hydrogens is 246 g/mol. The molecule has 76 valence electrons. The van der Waals surface area contributed by atoms with E-state index in [-0.39, 0.29) is 12.0 Å². The average molecular weight is 259 g/mol. The van der Waals surface area contributed by atoms with Gasteiger partial charge in [0.1, 0.15) is 0 Å². The van der Waals surface area contributed by atoms with Gasteiger partial charge in [-0.05, 0) is 17.7 Å². The van der Waals surface area contributed by atoms with Crippen LogP contribution in [-0.4, -0.2) is 19.1 Å². The van der Waals surface area contributed by atoms with E-state index in [0.717, 1.165) is 10.0 Å². The van der Waals surface area contributed by atoms with Crippen LogP contribution in [0.5, 0.6) is 0 Å². The minimum absolute atomic E-state index is 0.273. The number of methoxy groups -OCH3 is 1. The molecule has 0 aliphatic carbocycles. The molecule has 0 amide bonds. The van der Waals surface area contributed by atoms with Gasteiger partial charge < -0.3 is 10.5 Å². The summed E-state index contributed by atoms with van der Waals surface area (Å²) in [6.07, 6.45) is 0.603. The van der Waals surface area contributed by atoms with Crippen molar-refractivity contribution in [3.8, 4) is 0 Å². The van der Waals surface area contributed by atoms with Crippen LogP contribution in [0.4, 0.5) is 0 Å². The number of benzene rings is 1. The molecule has 0 heterocycles. The van der Waals surface area contributed by atoms with Crippen LogP contribution in [0.15, 0.2) is 28.7 Å². The molecule has 0 saturated heterocycles. The summed E-state index contributed by atoms with van der Waals surface area (Å²) in [7, 11) is 1.38. The highest BCUT2D eigenvalue weighted by Crippen LogP contribution is 2.12. The third-order valence-corrected chi connectivity index (χ3v) is 2.40. The van der Waals surface area contributed by atoms with Crippen LogP contribution in [0, 0.1) is 0 Å². The molecule has 0 aliphatic heterocycles. The average Bonchev–Trinajstić information content (AvgIpc) is 2.16. The number of hydrogen-bond acceptors (Lipinski definition) is 2. The molecule has 3 N–H and O–H groups in total. The summed E-state index contributed by atoms with van der Waals surface area (Å²) in [5, 5.41) is 0. The second-order valence-electron chi connectivity index (χ2n) is 3.05. The van der Waals surface area contributed by atoms with Crippen LogP contribution in [0.25, 0.3) is 0 Å². The monoisotopic (exact) mass is 258 g/mol. The van der Waals surface area contributed by atoms with E-state index in [1.54, 1.807) is 0 Å². The quantitative estimate of drug-likeness (QED) is 0.815. The van der Waals surface area contributed by atoms with E-state index in [4.69, 9.17) is 0 Å². The second kappa shape index (κ2) is 5.12. The van der Waals surface area contributed by atoms with E-state index in [2.05, 4.69) is 26.4 Å². The molecule has 1 atom stereocenters. The number of rotatable bonds is 3. The van der Waals surface area contributed by atoms with Crippen molar-refractivity contribution in [2.24, 2.45) is 0 Å². The molecule has 0 saturated carbocycles. The Kier molecular flexibility index (Phi) is 4.10. The molecule has 0 bridgehead atoms. The van der Waals surface area contributed by atoms with Crippen LogP contribution < -0.4 is 5.73 Å². The van der Waals surface area contributed by atoms with Gasteiger partial charge in [0, 0.05) is 10.9 Å². The highest BCUT2D eigenvalue weighted by molar-refractivity contribution is 9.10. The highest BCUT2D eigenvalue weighted by Gasteiger charge is 2.17. The van der Waals surface area contributed by atoms with Crippen LogP contribution in [0.1, 0.15) is 5.56 Å². The van der Waals surface area contributed by atoms with Gasteiger partial charge in [0.2, 0.25) is 0 Å². The lowest BCUT2D eigenvalue weighted by Crippen LogP contribution is -2.66. The van der Waals surface area contributed by atoms with Crippen molar-refractivity contribution in [2.45, 2.75) is 12.5 Å². The van der Waals surface area contributed by atoms with Gasteiger partial charge in [-0.1, -0.05) is 28.1 Å². The standard InChI is InChI=1S/C10H12BrNO2/c1-14-10(13)9(12)6-7-3-2-4-8(11)5-7/h2-5,9H,6,12H2,1H3/p+1. The van der Waals surface area contributed by atoms with Crippen LogP contribution >= 0.6 is 15.9 Å². The first-order valence-electron chi connectivity index (χ1n) is 4.29. The number of esters is 1. The third-order valence-electron chi connectivity index (χ3n) is 1.91. The SMILES string of the molecule is COC(=O)C([NH3+])Cc1cccc(Br)c1. The van der Waals surface area contributed by atoms with Crippen molar-refractivity contribution in [1.82, 2.24) is 0 Å². The zero-order chi connectivity index (χ0) is 10.6. The van der Waals surface area contributed by atoms with Gasteiger partial charge in [-0.25, -0.2) is 4.79 Å². The van der Waals surface area contributed by atoms with Gasteiger partial charge in [-0.2, -0.15) is 0 Å².